The van der Waals surface area contributed by atoms with Crippen molar-refractivity contribution >= 4 is 17.3 Å². The molecular weight excluding hydrogens is 284 g/mol. The molecule has 0 aliphatic rings. The maximum Gasteiger partial charge on any atom is 0.336 e. The third-order valence-electron chi connectivity index (χ3n) is 2.87. The highest BCUT2D eigenvalue weighted by atomic mass is 32.1. The lowest BCUT2D eigenvalue weighted by atomic mass is 10.1. The molecule has 0 aliphatic heterocycles. The van der Waals surface area contributed by atoms with Gasteiger partial charge in [0.1, 0.15) is 0 Å². The SMILES string of the molecule is CC(F)(F)c1ccc(CCc2cnccc2C(=O)O)s1. The molecule has 6 heteroatoms. The number of thiophene rings is 1. The number of aromatic carboxylic acids is 1. The van der Waals surface area contributed by atoms with E-state index in [9.17, 15) is 13.6 Å². The van der Waals surface area contributed by atoms with Crippen LogP contribution in [-0.2, 0) is 18.8 Å². The van der Waals surface area contributed by atoms with E-state index in [0.29, 0.717) is 18.4 Å². The highest BCUT2D eigenvalue weighted by molar-refractivity contribution is 7.12. The van der Waals surface area contributed by atoms with Crippen LogP contribution in [-0.4, -0.2) is 16.1 Å². The minimum Gasteiger partial charge on any atom is -0.478 e. The van der Waals surface area contributed by atoms with Gasteiger partial charge in [-0.05, 0) is 36.6 Å². The fourth-order valence-corrected chi connectivity index (χ4v) is 2.78. The van der Waals surface area contributed by atoms with Gasteiger partial charge < -0.3 is 5.11 Å². The number of alkyl halides is 2. The fourth-order valence-electron chi connectivity index (χ4n) is 1.84. The largest absolute Gasteiger partial charge is 0.478 e. The summed E-state index contributed by atoms with van der Waals surface area (Å²) >= 11 is 1.06. The maximum atomic E-state index is 13.1. The predicted octanol–water partition coefficient (Wildman–Crippen LogP) is 3.74. The molecule has 0 amide bonds. The quantitative estimate of drug-likeness (QED) is 0.914. The van der Waals surface area contributed by atoms with Gasteiger partial charge in [-0.2, -0.15) is 0 Å². The van der Waals surface area contributed by atoms with Gasteiger partial charge in [0, 0.05) is 24.2 Å². The monoisotopic (exact) mass is 297 g/mol. The number of halogens is 2. The summed E-state index contributed by atoms with van der Waals surface area (Å²) in [5.74, 6) is -3.84. The molecule has 0 spiro atoms. The van der Waals surface area contributed by atoms with Gasteiger partial charge in [-0.15, -0.1) is 11.3 Å². The Kier molecular flexibility index (Phi) is 4.13. The number of aromatic nitrogens is 1. The van der Waals surface area contributed by atoms with Crippen molar-refractivity contribution in [2.75, 3.05) is 0 Å². The van der Waals surface area contributed by atoms with E-state index >= 15 is 0 Å². The highest BCUT2D eigenvalue weighted by Gasteiger charge is 2.26. The fraction of sp³-hybridized carbons (Fsp3) is 0.286. The zero-order valence-corrected chi connectivity index (χ0v) is 11.6. The molecule has 1 N–H and O–H groups in total. The van der Waals surface area contributed by atoms with Gasteiger partial charge in [0.2, 0.25) is 0 Å². The van der Waals surface area contributed by atoms with Crippen molar-refractivity contribution in [1.82, 2.24) is 4.98 Å². The van der Waals surface area contributed by atoms with Gasteiger partial charge in [-0.1, -0.05) is 0 Å². The molecule has 0 radical (unpaired) electrons. The van der Waals surface area contributed by atoms with Crippen LogP contribution in [0.15, 0.2) is 30.6 Å². The molecule has 0 saturated heterocycles. The van der Waals surface area contributed by atoms with E-state index in [1.165, 1.54) is 24.5 Å². The smallest absolute Gasteiger partial charge is 0.336 e. The van der Waals surface area contributed by atoms with Crippen molar-refractivity contribution in [2.45, 2.75) is 25.7 Å². The predicted molar refractivity (Wildman–Crippen MR) is 72.5 cm³/mol. The third kappa shape index (κ3) is 3.39. The molecule has 0 fully saturated rings. The third-order valence-corrected chi connectivity index (χ3v) is 4.19. The normalized spacial score (nSPS) is 11.6. The number of pyridine rings is 1. The molecule has 0 aromatic carbocycles. The van der Waals surface area contributed by atoms with Crippen LogP contribution in [0.25, 0.3) is 0 Å². The van der Waals surface area contributed by atoms with E-state index in [4.69, 9.17) is 5.11 Å². The lowest BCUT2D eigenvalue weighted by Gasteiger charge is -2.06. The van der Waals surface area contributed by atoms with Gasteiger partial charge in [0.25, 0.3) is 5.92 Å². The van der Waals surface area contributed by atoms with Gasteiger partial charge in [0.05, 0.1) is 10.4 Å². The molecule has 0 bridgehead atoms. The summed E-state index contributed by atoms with van der Waals surface area (Å²) in [6.07, 6.45) is 3.91. The molecule has 0 saturated carbocycles. The number of hydrogen-bond acceptors (Lipinski definition) is 3. The van der Waals surface area contributed by atoms with Crippen LogP contribution < -0.4 is 0 Å². The minimum absolute atomic E-state index is 0.0251. The highest BCUT2D eigenvalue weighted by Crippen LogP contribution is 2.33. The standard InChI is InChI=1S/C14H13F2NO2S/c1-14(15,16)12-5-4-10(20-12)3-2-9-8-17-7-6-11(9)13(18)19/h4-8H,2-3H2,1H3,(H,18,19). The Morgan fingerprint density at radius 2 is 2.10 bits per heavy atom. The molecule has 3 nitrogen and oxygen atoms in total. The summed E-state index contributed by atoms with van der Waals surface area (Å²) < 4.78 is 26.2. The van der Waals surface area contributed by atoms with Crippen molar-refractivity contribution in [2.24, 2.45) is 0 Å². The summed E-state index contributed by atoms with van der Waals surface area (Å²) in [6.45, 7) is 0.867. The minimum atomic E-state index is -2.83. The molecule has 2 heterocycles. The number of hydrogen-bond donors (Lipinski definition) is 1. The summed E-state index contributed by atoms with van der Waals surface area (Å²) in [6, 6.07) is 4.52. The van der Waals surface area contributed by atoms with E-state index in [2.05, 4.69) is 4.98 Å². The van der Waals surface area contributed by atoms with Gasteiger partial charge in [-0.25, -0.2) is 13.6 Å². The maximum absolute atomic E-state index is 13.1. The Balaban J connectivity index is 2.10. The summed E-state index contributed by atoms with van der Waals surface area (Å²) in [5, 5.41) is 9.05. The first-order chi connectivity index (χ1) is 9.38. The zero-order chi connectivity index (χ0) is 14.8. The van der Waals surface area contributed by atoms with Crippen molar-refractivity contribution in [1.29, 1.82) is 0 Å². The summed E-state index contributed by atoms with van der Waals surface area (Å²) in [7, 11) is 0. The number of carboxylic acid groups (broad SMARTS) is 1. The Bertz CT molecular complexity index is 620. The van der Waals surface area contributed by atoms with Crippen LogP contribution in [0.4, 0.5) is 8.78 Å². The zero-order valence-electron chi connectivity index (χ0n) is 10.8. The molecule has 106 valence electrons. The molecular formula is C14H13F2NO2S. The lowest BCUT2D eigenvalue weighted by Crippen LogP contribution is -2.04. The van der Waals surface area contributed by atoms with Crippen molar-refractivity contribution in [3.05, 3.63) is 51.5 Å². The Morgan fingerprint density at radius 1 is 1.35 bits per heavy atom. The van der Waals surface area contributed by atoms with Crippen LogP contribution in [0.2, 0.25) is 0 Å². The number of aryl methyl sites for hydroxylation is 2. The lowest BCUT2D eigenvalue weighted by molar-refractivity contribution is 0.0215. The Morgan fingerprint density at radius 3 is 2.70 bits per heavy atom. The topological polar surface area (TPSA) is 50.2 Å². The molecule has 0 aliphatic carbocycles. The van der Waals surface area contributed by atoms with E-state index in [1.54, 1.807) is 6.07 Å². The molecule has 20 heavy (non-hydrogen) atoms. The first-order valence-corrected chi connectivity index (χ1v) is 6.83. The van der Waals surface area contributed by atoms with E-state index in [1.807, 2.05) is 0 Å². The number of carboxylic acids is 1. The second-order valence-electron chi connectivity index (χ2n) is 4.49. The van der Waals surface area contributed by atoms with Crippen LogP contribution in [0.1, 0.15) is 32.6 Å². The number of rotatable bonds is 5. The molecule has 2 aromatic rings. The average Bonchev–Trinajstić information content (AvgIpc) is 2.85. The van der Waals surface area contributed by atoms with Crippen LogP contribution >= 0.6 is 11.3 Å². The van der Waals surface area contributed by atoms with Gasteiger partial charge >= 0.3 is 5.97 Å². The molecule has 0 atom stereocenters. The Hall–Kier alpha value is -1.82. The second kappa shape index (κ2) is 5.66. The van der Waals surface area contributed by atoms with Gasteiger partial charge in [-0.3, -0.25) is 4.98 Å². The van der Waals surface area contributed by atoms with Crippen LogP contribution in [0, 0.1) is 0 Å². The van der Waals surface area contributed by atoms with Crippen LogP contribution in [0.5, 0.6) is 0 Å². The summed E-state index contributed by atoms with van der Waals surface area (Å²) in [4.78, 5) is 15.8. The van der Waals surface area contributed by atoms with E-state index in [0.717, 1.165) is 23.1 Å². The molecule has 0 unspecified atom stereocenters. The summed E-state index contributed by atoms with van der Waals surface area (Å²) in [5.41, 5.74) is 0.816. The second-order valence-corrected chi connectivity index (χ2v) is 5.66. The molecule has 2 rings (SSSR count). The van der Waals surface area contributed by atoms with E-state index < -0.39 is 11.9 Å². The van der Waals surface area contributed by atoms with Crippen molar-refractivity contribution in [3.8, 4) is 0 Å². The number of nitrogens with zero attached hydrogens (tertiary/aromatic N) is 1. The van der Waals surface area contributed by atoms with E-state index in [-0.39, 0.29) is 10.4 Å². The number of carbonyl (C=O) groups is 1. The van der Waals surface area contributed by atoms with Gasteiger partial charge in [0.15, 0.2) is 0 Å². The average molecular weight is 297 g/mol. The van der Waals surface area contributed by atoms with Crippen LogP contribution in [0.3, 0.4) is 0 Å². The first kappa shape index (κ1) is 14.6. The Labute approximate surface area is 118 Å². The van der Waals surface area contributed by atoms with Crippen molar-refractivity contribution in [3.63, 3.8) is 0 Å². The van der Waals surface area contributed by atoms with Crippen molar-refractivity contribution < 1.29 is 18.7 Å². The molecule has 2 aromatic heterocycles. The first-order valence-electron chi connectivity index (χ1n) is 6.01.